The number of ether oxygens (including phenoxy) is 1. The van der Waals surface area contributed by atoms with Gasteiger partial charge in [-0.05, 0) is 54.7 Å². The number of nitrogens with one attached hydrogen (secondary N) is 1. The van der Waals surface area contributed by atoms with Gasteiger partial charge in [-0.1, -0.05) is 12.1 Å². The molecule has 0 unspecified atom stereocenters. The number of likely N-dealkylation sites (N-methyl/N-ethyl adjacent to an activating group) is 1. The lowest BCUT2D eigenvalue weighted by molar-refractivity contribution is 0.203. The van der Waals surface area contributed by atoms with Gasteiger partial charge >= 0.3 is 6.03 Å². The molecular formula is C20H25N3O2. The molecule has 1 aromatic heterocycles. The van der Waals surface area contributed by atoms with Crippen LogP contribution in [0.3, 0.4) is 0 Å². The van der Waals surface area contributed by atoms with Crippen molar-refractivity contribution in [2.75, 3.05) is 20.7 Å². The van der Waals surface area contributed by atoms with E-state index in [1.807, 2.05) is 31.3 Å². The van der Waals surface area contributed by atoms with Gasteiger partial charge in [0.05, 0.1) is 13.2 Å². The molecule has 0 radical (unpaired) electrons. The van der Waals surface area contributed by atoms with Crippen LogP contribution in [-0.2, 0) is 12.8 Å². The van der Waals surface area contributed by atoms with Crippen LogP contribution >= 0.6 is 0 Å². The molecule has 0 spiro atoms. The first-order chi connectivity index (χ1) is 12.2. The summed E-state index contributed by atoms with van der Waals surface area (Å²) in [6.07, 6.45) is 5.61. The van der Waals surface area contributed by atoms with E-state index < -0.39 is 0 Å². The van der Waals surface area contributed by atoms with E-state index in [1.54, 1.807) is 18.2 Å². The Balaban J connectivity index is 1.59. The monoisotopic (exact) mass is 339 g/mol. The van der Waals surface area contributed by atoms with Gasteiger partial charge in [0.2, 0.25) is 0 Å². The van der Waals surface area contributed by atoms with Crippen LogP contribution in [-0.4, -0.2) is 36.6 Å². The molecule has 3 rings (SSSR count). The van der Waals surface area contributed by atoms with Crippen molar-refractivity contribution in [1.82, 2.24) is 15.2 Å². The molecule has 0 saturated carbocycles. The summed E-state index contributed by atoms with van der Waals surface area (Å²) in [5.74, 6) is 0.873. The van der Waals surface area contributed by atoms with Crippen molar-refractivity contribution in [3.05, 3.63) is 59.4 Å². The average molecular weight is 339 g/mol. The molecule has 1 aliphatic rings. The van der Waals surface area contributed by atoms with Gasteiger partial charge < -0.3 is 15.0 Å². The van der Waals surface area contributed by atoms with Gasteiger partial charge in [-0.2, -0.15) is 0 Å². The standard InChI is InChI=1S/C20H25N3O2/c1-23(13-11-16-7-3-4-12-21-16)20(24)22-19-8-5-6-15-14-17(25-2)9-10-18(15)19/h3-4,7,9-10,12,14,19H,5-6,8,11,13H2,1-2H3,(H,22,24)/t19-/m0/s1. The molecule has 1 heterocycles. The molecule has 0 fully saturated rings. The van der Waals surface area contributed by atoms with E-state index >= 15 is 0 Å². The molecule has 0 aliphatic heterocycles. The van der Waals surface area contributed by atoms with Gasteiger partial charge in [0.25, 0.3) is 0 Å². The summed E-state index contributed by atoms with van der Waals surface area (Å²) < 4.78 is 5.31. The Kier molecular flexibility index (Phi) is 5.53. The van der Waals surface area contributed by atoms with E-state index in [0.717, 1.165) is 37.1 Å². The highest BCUT2D eigenvalue weighted by Crippen LogP contribution is 2.32. The summed E-state index contributed by atoms with van der Waals surface area (Å²) in [4.78, 5) is 18.6. The number of methoxy groups -OCH3 is 1. The molecule has 1 atom stereocenters. The fourth-order valence-corrected chi connectivity index (χ4v) is 3.26. The number of hydrogen-bond donors (Lipinski definition) is 1. The van der Waals surface area contributed by atoms with Crippen molar-refractivity contribution in [1.29, 1.82) is 0 Å². The first-order valence-electron chi connectivity index (χ1n) is 8.75. The molecule has 0 saturated heterocycles. The van der Waals surface area contributed by atoms with Gasteiger partial charge in [0.15, 0.2) is 0 Å². The Bertz CT molecular complexity index is 718. The molecule has 25 heavy (non-hydrogen) atoms. The SMILES string of the molecule is COc1ccc2c(c1)CCC[C@@H]2NC(=O)N(C)CCc1ccccn1. The predicted octanol–water partition coefficient (Wildman–Crippen LogP) is 3.35. The second-order valence-corrected chi connectivity index (χ2v) is 6.45. The fourth-order valence-electron chi connectivity index (χ4n) is 3.26. The summed E-state index contributed by atoms with van der Waals surface area (Å²) in [5, 5.41) is 3.17. The fraction of sp³-hybridized carbons (Fsp3) is 0.400. The molecular weight excluding hydrogens is 314 g/mol. The van der Waals surface area contributed by atoms with Crippen molar-refractivity contribution in [3.8, 4) is 5.75 Å². The number of benzene rings is 1. The Morgan fingerprint density at radius 1 is 1.36 bits per heavy atom. The molecule has 2 amide bonds. The van der Waals surface area contributed by atoms with Gasteiger partial charge in [-0.15, -0.1) is 0 Å². The van der Waals surface area contributed by atoms with E-state index in [9.17, 15) is 4.79 Å². The highest BCUT2D eigenvalue weighted by atomic mass is 16.5. The number of pyridine rings is 1. The first-order valence-corrected chi connectivity index (χ1v) is 8.75. The van der Waals surface area contributed by atoms with Gasteiger partial charge in [0.1, 0.15) is 5.75 Å². The van der Waals surface area contributed by atoms with Crippen molar-refractivity contribution in [2.24, 2.45) is 0 Å². The maximum absolute atomic E-state index is 12.5. The molecule has 5 nitrogen and oxygen atoms in total. The smallest absolute Gasteiger partial charge is 0.317 e. The van der Waals surface area contributed by atoms with Crippen LogP contribution in [0, 0.1) is 0 Å². The number of aryl methyl sites for hydroxylation is 1. The summed E-state index contributed by atoms with van der Waals surface area (Å²) >= 11 is 0. The van der Waals surface area contributed by atoms with E-state index in [2.05, 4.69) is 22.4 Å². The first kappa shape index (κ1) is 17.3. The Labute approximate surface area is 149 Å². The Hall–Kier alpha value is -2.56. The molecule has 5 heteroatoms. The third-order valence-electron chi connectivity index (χ3n) is 4.74. The third-order valence-corrected chi connectivity index (χ3v) is 4.74. The number of carbonyl (C=O) groups is 1. The number of amides is 2. The largest absolute Gasteiger partial charge is 0.497 e. The van der Waals surface area contributed by atoms with Crippen LogP contribution in [0.2, 0.25) is 0 Å². The number of urea groups is 1. The van der Waals surface area contributed by atoms with E-state index in [4.69, 9.17) is 4.74 Å². The Morgan fingerprint density at radius 3 is 3.00 bits per heavy atom. The normalized spacial score (nSPS) is 16.0. The summed E-state index contributed by atoms with van der Waals surface area (Å²) in [6.45, 7) is 0.644. The van der Waals surface area contributed by atoms with Crippen LogP contribution in [0.15, 0.2) is 42.6 Å². The maximum Gasteiger partial charge on any atom is 0.317 e. The predicted molar refractivity (Wildman–Crippen MR) is 97.8 cm³/mol. The van der Waals surface area contributed by atoms with Gasteiger partial charge in [-0.3, -0.25) is 4.98 Å². The van der Waals surface area contributed by atoms with Crippen molar-refractivity contribution < 1.29 is 9.53 Å². The highest BCUT2D eigenvalue weighted by molar-refractivity contribution is 5.74. The summed E-state index contributed by atoms with van der Waals surface area (Å²) in [6, 6.07) is 12.0. The zero-order valence-electron chi connectivity index (χ0n) is 14.9. The van der Waals surface area contributed by atoms with Gasteiger partial charge in [0, 0.05) is 31.9 Å². The zero-order chi connectivity index (χ0) is 17.6. The number of carbonyl (C=O) groups excluding carboxylic acids is 1. The van der Waals surface area contributed by atoms with Crippen molar-refractivity contribution in [3.63, 3.8) is 0 Å². The second kappa shape index (κ2) is 8.01. The molecule has 0 bridgehead atoms. The molecule has 1 aromatic carbocycles. The molecule has 2 aromatic rings. The van der Waals surface area contributed by atoms with Crippen molar-refractivity contribution in [2.45, 2.75) is 31.7 Å². The lowest BCUT2D eigenvalue weighted by Crippen LogP contribution is -2.41. The quantitative estimate of drug-likeness (QED) is 0.909. The molecule has 1 aliphatic carbocycles. The van der Waals surface area contributed by atoms with E-state index in [1.165, 1.54) is 11.1 Å². The molecule has 132 valence electrons. The van der Waals surface area contributed by atoms with Crippen LogP contribution in [0.25, 0.3) is 0 Å². The zero-order valence-corrected chi connectivity index (χ0v) is 14.9. The summed E-state index contributed by atoms with van der Waals surface area (Å²) in [5.41, 5.74) is 3.47. The topological polar surface area (TPSA) is 54.5 Å². The third kappa shape index (κ3) is 4.29. The summed E-state index contributed by atoms with van der Waals surface area (Å²) in [7, 11) is 3.51. The minimum atomic E-state index is -0.0374. The lowest BCUT2D eigenvalue weighted by Gasteiger charge is -2.29. The number of aromatic nitrogens is 1. The Morgan fingerprint density at radius 2 is 2.24 bits per heavy atom. The second-order valence-electron chi connectivity index (χ2n) is 6.45. The van der Waals surface area contributed by atoms with Gasteiger partial charge in [-0.25, -0.2) is 4.79 Å². The van der Waals surface area contributed by atoms with E-state index in [-0.39, 0.29) is 12.1 Å². The van der Waals surface area contributed by atoms with Crippen molar-refractivity contribution >= 4 is 6.03 Å². The number of fused-ring (bicyclic) bond motifs is 1. The number of nitrogens with zero attached hydrogens (tertiary/aromatic N) is 2. The van der Waals surface area contributed by atoms with Crippen LogP contribution < -0.4 is 10.1 Å². The van der Waals surface area contributed by atoms with Crippen LogP contribution in [0.1, 0.15) is 35.7 Å². The van der Waals surface area contributed by atoms with E-state index in [0.29, 0.717) is 6.54 Å². The minimum absolute atomic E-state index is 0.0374. The highest BCUT2D eigenvalue weighted by Gasteiger charge is 2.23. The molecule has 1 N–H and O–H groups in total. The number of hydrogen-bond acceptors (Lipinski definition) is 3. The lowest BCUT2D eigenvalue weighted by atomic mass is 9.87. The van der Waals surface area contributed by atoms with Crippen LogP contribution in [0.4, 0.5) is 4.79 Å². The average Bonchev–Trinajstić information content (AvgIpc) is 2.66. The minimum Gasteiger partial charge on any atom is -0.497 e. The maximum atomic E-state index is 12.5. The number of rotatable bonds is 5. The van der Waals surface area contributed by atoms with Crippen LogP contribution in [0.5, 0.6) is 5.75 Å².